The van der Waals surface area contributed by atoms with E-state index in [1.54, 1.807) is 6.07 Å². The minimum atomic E-state index is -1.17. The number of carbonyl (C=O) groups is 2. The highest BCUT2D eigenvalue weighted by Gasteiger charge is 2.14. The number of hydrogen-bond donors (Lipinski definition) is 3. The van der Waals surface area contributed by atoms with Crippen LogP contribution in [-0.4, -0.2) is 28.7 Å². The second kappa shape index (κ2) is 9.50. The van der Waals surface area contributed by atoms with Crippen LogP contribution in [0.1, 0.15) is 15.9 Å². The molecule has 0 aliphatic rings. The molecule has 0 aliphatic heterocycles. The highest BCUT2D eigenvalue weighted by atomic mass is 79.9. The molecule has 10 heteroatoms. The average Bonchev–Trinajstić information content (AvgIpc) is 2.55. The van der Waals surface area contributed by atoms with Crippen molar-refractivity contribution >= 4 is 78.4 Å². The van der Waals surface area contributed by atoms with Crippen molar-refractivity contribution in [1.82, 2.24) is 5.32 Å². The first-order valence-corrected chi connectivity index (χ1v) is 9.76. The fraction of sp³-hybridized carbons (Fsp3) is 0.118. The molecule has 0 saturated heterocycles. The van der Waals surface area contributed by atoms with Crippen LogP contribution in [0, 0.1) is 6.92 Å². The second-order valence-corrected chi connectivity index (χ2v) is 7.93. The monoisotopic (exact) mass is 534 g/mol. The van der Waals surface area contributed by atoms with Crippen LogP contribution in [0.5, 0.6) is 5.75 Å². The molecule has 0 spiro atoms. The molecular formula is C17H13Br2ClN2O4S. The predicted molar refractivity (Wildman–Crippen MR) is 115 cm³/mol. The Morgan fingerprint density at radius 2 is 1.96 bits per heavy atom. The van der Waals surface area contributed by atoms with Crippen molar-refractivity contribution in [1.29, 1.82) is 0 Å². The van der Waals surface area contributed by atoms with E-state index in [0.717, 1.165) is 10.0 Å². The first-order chi connectivity index (χ1) is 12.7. The molecule has 0 unspecified atom stereocenters. The van der Waals surface area contributed by atoms with Crippen LogP contribution in [0.4, 0.5) is 5.69 Å². The summed E-state index contributed by atoms with van der Waals surface area (Å²) in [6, 6.07) is 7.92. The Kier molecular flexibility index (Phi) is 7.60. The lowest BCUT2D eigenvalue weighted by Gasteiger charge is -2.14. The van der Waals surface area contributed by atoms with Crippen LogP contribution in [0.3, 0.4) is 0 Å². The standard InChI is InChI=1S/C17H13Br2ClN2O4S/c1-8-4-9(18)5-12(19)15(8)26-7-14(23)22-17(27)21-13-3-2-10(20)6-11(13)16(24)25/h2-6H,7H2,1H3,(H,24,25)(H2,21,22,23,27). The van der Waals surface area contributed by atoms with E-state index < -0.39 is 11.9 Å². The maximum atomic E-state index is 12.1. The molecule has 2 rings (SSSR count). The summed E-state index contributed by atoms with van der Waals surface area (Å²) >= 11 is 17.6. The summed E-state index contributed by atoms with van der Waals surface area (Å²) in [6.45, 7) is 1.58. The molecule has 0 atom stereocenters. The van der Waals surface area contributed by atoms with Gasteiger partial charge in [0.1, 0.15) is 5.75 Å². The summed E-state index contributed by atoms with van der Waals surface area (Å²) < 4.78 is 7.12. The van der Waals surface area contributed by atoms with Gasteiger partial charge in [-0.25, -0.2) is 4.79 Å². The Morgan fingerprint density at radius 1 is 1.26 bits per heavy atom. The van der Waals surface area contributed by atoms with Gasteiger partial charge in [0.25, 0.3) is 5.91 Å². The van der Waals surface area contributed by atoms with Crippen LogP contribution < -0.4 is 15.4 Å². The Balaban J connectivity index is 1.97. The van der Waals surface area contributed by atoms with Crippen LogP contribution in [0.15, 0.2) is 39.3 Å². The van der Waals surface area contributed by atoms with E-state index >= 15 is 0 Å². The molecule has 0 aliphatic carbocycles. The summed E-state index contributed by atoms with van der Waals surface area (Å²) in [5.41, 5.74) is 0.992. The number of aryl methyl sites for hydroxylation is 1. The van der Waals surface area contributed by atoms with Crippen molar-refractivity contribution in [3.8, 4) is 5.75 Å². The SMILES string of the molecule is Cc1cc(Br)cc(Br)c1OCC(=O)NC(=S)Nc1ccc(Cl)cc1C(=O)O. The van der Waals surface area contributed by atoms with Crippen LogP contribution in [-0.2, 0) is 4.79 Å². The van der Waals surface area contributed by atoms with Gasteiger partial charge in [-0.05, 0) is 71.0 Å². The fourth-order valence-corrected chi connectivity index (χ4v) is 4.08. The second-order valence-electron chi connectivity index (χ2n) is 5.32. The molecule has 3 N–H and O–H groups in total. The number of anilines is 1. The van der Waals surface area contributed by atoms with Gasteiger partial charge in [0, 0.05) is 9.50 Å². The van der Waals surface area contributed by atoms with Crippen LogP contribution in [0.2, 0.25) is 5.02 Å². The van der Waals surface area contributed by atoms with Gasteiger partial charge >= 0.3 is 5.97 Å². The smallest absolute Gasteiger partial charge is 0.337 e. The lowest BCUT2D eigenvalue weighted by molar-refractivity contribution is -0.121. The maximum Gasteiger partial charge on any atom is 0.337 e. The lowest BCUT2D eigenvalue weighted by Crippen LogP contribution is -2.37. The molecule has 6 nitrogen and oxygen atoms in total. The molecule has 0 saturated carbocycles. The molecule has 2 aromatic carbocycles. The molecular weight excluding hydrogens is 524 g/mol. The molecule has 0 aromatic heterocycles. The molecule has 0 bridgehead atoms. The minimum absolute atomic E-state index is 0.0555. The number of carboxylic acid groups (broad SMARTS) is 1. The van der Waals surface area contributed by atoms with E-state index in [0.29, 0.717) is 10.2 Å². The van der Waals surface area contributed by atoms with Crippen molar-refractivity contribution in [2.24, 2.45) is 0 Å². The topological polar surface area (TPSA) is 87.7 Å². The first-order valence-electron chi connectivity index (χ1n) is 7.39. The summed E-state index contributed by atoms with van der Waals surface area (Å²) in [7, 11) is 0. The summed E-state index contributed by atoms with van der Waals surface area (Å²) in [4.78, 5) is 23.3. The molecule has 0 fully saturated rings. The Labute approximate surface area is 182 Å². The zero-order valence-electron chi connectivity index (χ0n) is 13.8. The van der Waals surface area contributed by atoms with E-state index in [-0.39, 0.29) is 28.0 Å². The number of hydrogen-bond acceptors (Lipinski definition) is 4. The quantitative estimate of drug-likeness (QED) is 0.478. The minimum Gasteiger partial charge on any atom is -0.482 e. The highest BCUT2D eigenvalue weighted by Crippen LogP contribution is 2.32. The van der Waals surface area contributed by atoms with Crippen molar-refractivity contribution in [2.75, 3.05) is 11.9 Å². The number of nitrogens with one attached hydrogen (secondary N) is 2. The number of rotatable bonds is 5. The van der Waals surface area contributed by atoms with E-state index in [9.17, 15) is 14.7 Å². The zero-order valence-corrected chi connectivity index (χ0v) is 18.6. The van der Waals surface area contributed by atoms with E-state index in [1.807, 2.05) is 13.0 Å². The van der Waals surface area contributed by atoms with E-state index in [2.05, 4.69) is 42.5 Å². The van der Waals surface area contributed by atoms with Crippen molar-refractivity contribution < 1.29 is 19.4 Å². The fourth-order valence-electron chi connectivity index (χ4n) is 2.13. The zero-order chi connectivity index (χ0) is 20.1. The Bertz CT molecular complexity index is 901. The Morgan fingerprint density at radius 3 is 2.59 bits per heavy atom. The summed E-state index contributed by atoms with van der Waals surface area (Å²) in [5.74, 6) is -1.13. The average molecular weight is 537 g/mol. The first kappa shape index (κ1) is 21.6. The van der Waals surface area contributed by atoms with Gasteiger partial charge in [0.15, 0.2) is 11.7 Å². The number of aromatic carboxylic acids is 1. The number of halogens is 3. The number of carbonyl (C=O) groups excluding carboxylic acids is 1. The number of ether oxygens (including phenoxy) is 1. The Hall–Kier alpha value is -1.68. The van der Waals surface area contributed by atoms with Gasteiger partial charge in [-0.15, -0.1) is 0 Å². The molecule has 142 valence electrons. The third-order valence-electron chi connectivity index (χ3n) is 3.25. The third-order valence-corrected chi connectivity index (χ3v) is 4.74. The van der Waals surface area contributed by atoms with Crippen molar-refractivity contribution in [3.05, 3.63) is 55.4 Å². The van der Waals surface area contributed by atoms with Gasteiger partial charge in [0.2, 0.25) is 0 Å². The molecule has 0 heterocycles. The van der Waals surface area contributed by atoms with Crippen molar-refractivity contribution in [2.45, 2.75) is 6.92 Å². The van der Waals surface area contributed by atoms with Gasteiger partial charge in [0.05, 0.1) is 15.7 Å². The number of benzene rings is 2. The number of carboxylic acids is 1. The predicted octanol–water partition coefficient (Wildman–Crippen LogP) is 4.76. The molecule has 1 amide bonds. The number of thiocarbonyl (C=S) groups is 1. The van der Waals surface area contributed by atoms with E-state index in [4.69, 9.17) is 28.6 Å². The molecule has 0 radical (unpaired) electrons. The van der Waals surface area contributed by atoms with Gasteiger partial charge in [-0.3, -0.25) is 10.1 Å². The third kappa shape index (κ3) is 6.17. The van der Waals surface area contributed by atoms with Gasteiger partial charge in [-0.2, -0.15) is 0 Å². The van der Waals surface area contributed by atoms with Crippen molar-refractivity contribution in [3.63, 3.8) is 0 Å². The lowest BCUT2D eigenvalue weighted by atomic mass is 10.2. The summed E-state index contributed by atoms with van der Waals surface area (Å²) in [6.07, 6.45) is 0. The maximum absolute atomic E-state index is 12.1. The van der Waals surface area contributed by atoms with Gasteiger partial charge < -0.3 is 15.2 Å². The van der Waals surface area contributed by atoms with Gasteiger partial charge in [-0.1, -0.05) is 27.5 Å². The van der Waals surface area contributed by atoms with Crippen LogP contribution in [0.25, 0.3) is 0 Å². The summed E-state index contributed by atoms with van der Waals surface area (Å²) in [5, 5.41) is 14.5. The van der Waals surface area contributed by atoms with Crippen LogP contribution >= 0.6 is 55.7 Å². The largest absolute Gasteiger partial charge is 0.482 e. The number of amides is 1. The molecule has 2 aromatic rings. The van der Waals surface area contributed by atoms with E-state index in [1.165, 1.54) is 18.2 Å². The molecule has 27 heavy (non-hydrogen) atoms. The normalized spacial score (nSPS) is 10.2. The highest BCUT2D eigenvalue weighted by molar-refractivity contribution is 9.11.